The summed E-state index contributed by atoms with van der Waals surface area (Å²) in [6.07, 6.45) is 1.93. The number of β-amino-alcohol motifs (C(OH)–C–C–N with tert-alkyl or cyclic N) is 1. The summed E-state index contributed by atoms with van der Waals surface area (Å²) in [5.74, 6) is 0.365. The van der Waals surface area contributed by atoms with Gasteiger partial charge in [0.2, 0.25) is 0 Å². The first-order valence-electron chi connectivity index (χ1n) is 6.35. The fraction of sp³-hybridized carbons (Fsp3) is 0.750. The molecule has 2 unspecified atom stereocenters. The van der Waals surface area contributed by atoms with Crippen LogP contribution in [0.25, 0.3) is 0 Å². The largest absolute Gasteiger partial charge is 0.392 e. The molecule has 19 heavy (non-hydrogen) atoms. The summed E-state index contributed by atoms with van der Waals surface area (Å²) in [4.78, 5) is 6.52. The zero-order chi connectivity index (χ0) is 14.0. The second-order valence-electron chi connectivity index (χ2n) is 5.37. The van der Waals surface area contributed by atoms with Crippen molar-refractivity contribution in [1.29, 1.82) is 0 Å². The Hall–Kier alpha value is -0.500. The van der Waals surface area contributed by atoms with E-state index in [-0.39, 0.29) is 11.9 Å². The number of thiazole rings is 1. The molecular formula is C12H20N2O3S2. The number of aromatic nitrogens is 1. The van der Waals surface area contributed by atoms with Gasteiger partial charge in [-0.05, 0) is 18.9 Å². The molecule has 1 saturated heterocycles. The number of aliphatic hydroxyl groups is 1. The molecule has 1 fully saturated rings. The molecule has 2 atom stereocenters. The Morgan fingerprint density at radius 3 is 2.95 bits per heavy atom. The number of sulfone groups is 1. The molecule has 0 aromatic carbocycles. The number of aliphatic hydroxyl groups excluding tert-OH is 1. The van der Waals surface area contributed by atoms with E-state index in [9.17, 15) is 13.5 Å². The van der Waals surface area contributed by atoms with Crippen LogP contribution in [0.5, 0.6) is 0 Å². The van der Waals surface area contributed by atoms with E-state index < -0.39 is 9.84 Å². The van der Waals surface area contributed by atoms with Gasteiger partial charge in [0.05, 0.1) is 11.8 Å². The first-order chi connectivity index (χ1) is 8.83. The minimum Gasteiger partial charge on any atom is -0.392 e. The van der Waals surface area contributed by atoms with Crippen molar-refractivity contribution < 1.29 is 13.5 Å². The minimum atomic E-state index is -3.02. The maximum atomic E-state index is 11.2. The van der Waals surface area contributed by atoms with Crippen LogP contribution in [0.1, 0.15) is 24.0 Å². The van der Waals surface area contributed by atoms with Gasteiger partial charge in [0.1, 0.15) is 10.8 Å². The Labute approximate surface area is 118 Å². The lowest BCUT2D eigenvalue weighted by molar-refractivity contribution is 0.0255. The van der Waals surface area contributed by atoms with Gasteiger partial charge in [-0.1, -0.05) is 6.92 Å². The first kappa shape index (κ1) is 14.9. The van der Waals surface area contributed by atoms with Crippen molar-refractivity contribution in [2.45, 2.75) is 31.7 Å². The van der Waals surface area contributed by atoms with E-state index >= 15 is 0 Å². The molecule has 1 aliphatic rings. The molecule has 0 amide bonds. The maximum Gasteiger partial charge on any atom is 0.153 e. The number of hydrogen-bond acceptors (Lipinski definition) is 6. The summed E-state index contributed by atoms with van der Waals surface area (Å²) in [5.41, 5.74) is 0.894. The maximum absolute atomic E-state index is 11.2. The molecule has 0 aliphatic carbocycles. The smallest absolute Gasteiger partial charge is 0.153 e. The van der Waals surface area contributed by atoms with Gasteiger partial charge in [0.25, 0.3) is 0 Å². The van der Waals surface area contributed by atoms with Gasteiger partial charge >= 0.3 is 0 Å². The third-order valence-corrected chi connectivity index (χ3v) is 5.25. The number of rotatable bonds is 4. The molecule has 5 nitrogen and oxygen atoms in total. The van der Waals surface area contributed by atoms with Gasteiger partial charge in [-0.25, -0.2) is 13.4 Å². The van der Waals surface area contributed by atoms with E-state index in [1.807, 2.05) is 5.38 Å². The Kier molecular flexibility index (Phi) is 4.60. The Balaban J connectivity index is 1.93. The van der Waals surface area contributed by atoms with Crippen molar-refractivity contribution in [3.8, 4) is 0 Å². The summed E-state index contributed by atoms with van der Waals surface area (Å²) in [7, 11) is -3.02. The SMILES string of the molecule is CC1CCN(Cc2csc(CS(C)(=O)=O)n2)CC1O. The van der Waals surface area contributed by atoms with Crippen LogP contribution in [0, 0.1) is 5.92 Å². The van der Waals surface area contributed by atoms with E-state index in [1.54, 1.807) is 0 Å². The summed E-state index contributed by atoms with van der Waals surface area (Å²) >= 11 is 1.39. The van der Waals surface area contributed by atoms with Crippen LogP contribution in [0.4, 0.5) is 0 Å². The highest BCUT2D eigenvalue weighted by Gasteiger charge is 2.24. The normalized spacial score (nSPS) is 25.6. The fourth-order valence-corrected chi connectivity index (χ4v) is 4.20. The van der Waals surface area contributed by atoms with Crippen molar-refractivity contribution in [1.82, 2.24) is 9.88 Å². The van der Waals surface area contributed by atoms with E-state index in [4.69, 9.17) is 0 Å². The van der Waals surface area contributed by atoms with Gasteiger partial charge in [0.15, 0.2) is 9.84 Å². The molecule has 0 spiro atoms. The van der Waals surface area contributed by atoms with Crippen molar-refractivity contribution in [2.75, 3.05) is 19.3 Å². The number of likely N-dealkylation sites (tertiary alicyclic amines) is 1. The Morgan fingerprint density at radius 2 is 2.32 bits per heavy atom. The second kappa shape index (κ2) is 5.87. The summed E-state index contributed by atoms with van der Waals surface area (Å²) < 4.78 is 22.4. The molecule has 1 aromatic rings. The average molecular weight is 304 g/mol. The van der Waals surface area contributed by atoms with E-state index in [0.29, 0.717) is 24.0 Å². The van der Waals surface area contributed by atoms with Gasteiger partial charge in [-0.2, -0.15) is 0 Å². The lowest BCUT2D eigenvalue weighted by atomic mass is 9.96. The van der Waals surface area contributed by atoms with Gasteiger partial charge < -0.3 is 5.11 Å². The molecular weight excluding hydrogens is 284 g/mol. The molecule has 0 saturated carbocycles. The van der Waals surface area contributed by atoms with E-state index in [1.165, 1.54) is 17.6 Å². The van der Waals surface area contributed by atoms with Crippen LogP contribution in [0.15, 0.2) is 5.38 Å². The summed E-state index contributed by atoms with van der Waals surface area (Å²) in [6.45, 7) is 4.37. The van der Waals surface area contributed by atoms with Crippen LogP contribution in [-0.2, 0) is 22.1 Å². The second-order valence-corrected chi connectivity index (χ2v) is 8.45. The molecule has 0 bridgehead atoms. The zero-order valence-corrected chi connectivity index (χ0v) is 12.9. The number of hydrogen-bond donors (Lipinski definition) is 1. The predicted octanol–water partition coefficient (Wildman–Crippen LogP) is 0.890. The average Bonchev–Trinajstić information content (AvgIpc) is 2.68. The third kappa shape index (κ3) is 4.52. The highest BCUT2D eigenvalue weighted by atomic mass is 32.2. The molecule has 0 radical (unpaired) electrons. The molecule has 7 heteroatoms. The van der Waals surface area contributed by atoms with Crippen molar-refractivity contribution in [3.05, 3.63) is 16.1 Å². The van der Waals surface area contributed by atoms with Gasteiger partial charge in [-0.15, -0.1) is 11.3 Å². The van der Waals surface area contributed by atoms with Gasteiger partial charge in [-0.3, -0.25) is 4.90 Å². The van der Waals surface area contributed by atoms with Crippen molar-refractivity contribution in [2.24, 2.45) is 5.92 Å². The highest BCUT2D eigenvalue weighted by molar-refractivity contribution is 7.90. The van der Waals surface area contributed by atoms with E-state index in [0.717, 1.165) is 18.7 Å². The van der Waals surface area contributed by atoms with Crippen LogP contribution >= 0.6 is 11.3 Å². The van der Waals surface area contributed by atoms with Crippen LogP contribution < -0.4 is 0 Å². The Morgan fingerprint density at radius 1 is 1.58 bits per heavy atom. The molecule has 1 aromatic heterocycles. The first-order valence-corrected chi connectivity index (χ1v) is 9.29. The predicted molar refractivity (Wildman–Crippen MR) is 75.7 cm³/mol. The third-order valence-electron chi connectivity index (χ3n) is 3.37. The minimum absolute atomic E-state index is 0.0112. The van der Waals surface area contributed by atoms with Crippen molar-refractivity contribution >= 4 is 21.2 Å². The zero-order valence-electron chi connectivity index (χ0n) is 11.2. The molecule has 1 aliphatic heterocycles. The monoisotopic (exact) mass is 304 g/mol. The van der Waals surface area contributed by atoms with Crippen LogP contribution in [-0.4, -0.2) is 48.9 Å². The topological polar surface area (TPSA) is 70.5 Å². The Bertz CT molecular complexity index is 527. The quantitative estimate of drug-likeness (QED) is 0.894. The summed E-state index contributed by atoms with van der Waals surface area (Å²) in [5, 5.41) is 12.4. The highest BCUT2D eigenvalue weighted by Crippen LogP contribution is 2.20. The van der Waals surface area contributed by atoms with E-state index in [2.05, 4.69) is 16.8 Å². The molecule has 108 valence electrons. The molecule has 2 heterocycles. The lowest BCUT2D eigenvalue weighted by Crippen LogP contribution is -2.42. The van der Waals surface area contributed by atoms with Crippen molar-refractivity contribution in [3.63, 3.8) is 0 Å². The molecule has 2 rings (SSSR count). The molecule has 1 N–H and O–H groups in total. The fourth-order valence-electron chi connectivity index (χ4n) is 2.20. The standard InChI is InChI=1S/C12H20N2O3S2/c1-9-3-4-14(6-11(9)15)5-10-7-18-12(13-10)8-19(2,16)17/h7,9,11,15H,3-6,8H2,1-2H3. The lowest BCUT2D eigenvalue weighted by Gasteiger charge is -2.33. The summed E-state index contributed by atoms with van der Waals surface area (Å²) in [6, 6.07) is 0. The number of nitrogens with zero attached hydrogens (tertiary/aromatic N) is 2. The number of piperidine rings is 1. The van der Waals surface area contributed by atoms with Gasteiger partial charge in [0, 0.05) is 24.7 Å². The van der Waals surface area contributed by atoms with Crippen LogP contribution in [0.2, 0.25) is 0 Å². The van der Waals surface area contributed by atoms with Crippen LogP contribution in [0.3, 0.4) is 0 Å².